The molecule has 0 aromatic rings. The number of likely N-dealkylation sites (N-methyl/N-ethyl adjacent to an activating group) is 2. The SMILES string of the molecule is CCNC(CN(C)CC1CCN(C)C1)C1CCOC1. The fourth-order valence-corrected chi connectivity index (χ4v) is 3.54. The third kappa shape index (κ3) is 4.71. The van der Waals surface area contributed by atoms with Gasteiger partial charge in [0.05, 0.1) is 6.61 Å². The number of ether oxygens (including phenoxy) is 1. The molecule has 4 heteroatoms. The summed E-state index contributed by atoms with van der Waals surface area (Å²) in [7, 11) is 4.51. The van der Waals surface area contributed by atoms with Crippen LogP contribution in [-0.2, 0) is 4.74 Å². The van der Waals surface area contributed by atoms with Crippen molar-refractivity contribution in [2.45, 2.75) is 25.8 Å². The van der Waals surface area contributed by atoms with Crippen molar-refractivity contribution in [2.24, 2.45) is 11.8 Å². The van der Waals surface area contributed by atoms with Crippen LogP contribution >= 0.6 is 0 Å². The van der Waals surface area contributed by atoms with Crippen LogP contribution < -0.4 is 5.32 Å². The summed E-state index contributed by atoms with van der Waals surface area (Å²) in [5, 5.41) is 3.66. The van der Waals surface area contributed by atoms with Crippen molar-refractivity contribution in [3.8, 4) is 0 Å². The molecule has 0 aromatic carbocycles. The highest BCUT2D eigenvalue weighted by Gasteiger charge is 2.27. The molecule has 19 heavy (non-hydrogen) atoms. The summed E-state index contributed by atoms with van der Waals surface area (Å²) < 4.78 is 5.55. The zero-order valence-electron chi connectivity index (χ0n) is 12.9. The molecule has 0 aliphatic carbocycles. The van der Waals surface area contributed by atoms with E-state index in [1.54, 1.807) is 0 Å². The molecule has 2 aliphatic rings. The van der Waals surface area contributed by atoms with E-state index >= 15 is 0 Å². The van der Waals surface area contributed by atoms with E-state index in [9.17, 15) is 0 Å². The Balaban J connectivity index is 1.75. The van der Waals surface area contributed by atoms with Crippen LogP contribution in [-0.4, -0.2) is 75.9 Å². The van der Waals surface area contributed by atoms with Gasteiger partial charge in [0.1, 0.15) is 0 Å². The van der Waals surface area contributed by atoms with Gasteiger partial charge in [0, 0.05) is 38.2 Å². The highest BCUT2D eigenvalue weighted by atomic mass is 16.5. The first kappa shape index (κ1) is 15.2. The lowest BCUT2D eigenvalue weighted by Crippen LogP contribution is -2.46. The monoisotopic (exact) mass is 269 g/mol. The molecule has 3 unspecified atom stereocenters. The number of rotatable bonds is 7. The molecule has 2 heterocycles. The van der Waals surface area contributed by atoms with E-state index < -0.39 is 0 Å². The largest absolute Gasteiger partial charge is 0.381 e. The molecule has 0 spiro atoms. The molecule has 0 bridgehead atoms. The molecule has 4 nitrogen and oxygen atoms in total. The summed E-state index contributed by atoms with van der Waals surface area (Å²) in [5.41, 5.74) is 0. The Labute approximate surface area is 118 Å². The fraction of sp³-hybridized carbons (Fsp3) is 1.00. The normalized spacial score (nSPS) is 30.3. The van der Waals surface area contributed by atoms with Crippen molar-refractivity contribution in [3.05, 3.63) is 0 Å². The third-order valence-electron chi connectivity index (χ3n) is 4.57. The van der Waals surface area contributed by atoms with Crippen LogP contribution in [0.25, 0.3) is 0 Å². The van der Waals surface area contributed by atoms with E-state index in [1.807, 2.05) is 0 Å². The molecule has 1 N–H and O–H groups in total. The average Bonchev–Trinajstić information content (AvgIpc) is 3.00. The van der Waals surface area contributed by atoms with Crippen molar-refractivity contribution < 1.29 is 4.74 Å². The molecule has 112 valence electrons. The first-order chi connectivity index (χ1) is 9.19. The molecule has 2 fully saturated rings. The minimum absolute atomic E-state index is 0.594. The number of likely N-dealkylation sites (tertiary alicyclic amines) is 1. The van der Waals surface area contributed by atoms with Gasteiger partial charge in [0.15, 0.2) is 0 Å². The Kier molecular flexibility index (Phi) is 6.07. The summed E-state index contributed by atoms with van der Waals surface area (Å²) in [6.45, 7) is 10.1. The van der Waals surface area contributed by atoms with Gasteiger partial charge in [-0.05, 0) is 45.9 Å². The summed E-state index contributed by atoms with van der Waals surface area (Å²) >= 11 is 0. The smallest absolute Gasteiger partial charge is 0.0510 e. The van der Waals surface area contributed by atoms with Crippen LogP contribution in [0.1, 0.15) is 19.8 Å². The molecule has 2 aliphatic heterocycles. The Hall–Kier alpha value is -0.160. The highest BCUT2D eigenvalue weighted by Crippen LogP contribution is 2.19. The van der Waals surface area contributed by atoms with Crippen molar-refractivity contribution in [3.63, 3.8) is 0 Å². The van der Waals surface area contributed by atoms with E-state index in [0.717, 1.165) is 32.2 Å². The first-order valence-corrected chi connectivity index (χ1v) is 7.87. The number of nitrogens with one attached hydrogen (secondary N) is 1. The molecular weight excluding hydrogens is 238 g/mol. The maximum absolute atomic E-state index is 5.55. The Morgan fingerprint density at radius 2 is 2.26 bits per heavy atom. The fourth-order valence-electron chi connectivity index (χ4n) is 3.54. The summed E-state index contributed by atoms with van der Waals surface area (Å²) in [6.07, 6.45) is 2.58. The molecule has 2 saturated heterocycles. The zero-order chi connectivity index (χ0) is 13.7. The van der Waals surface area contributed by atoms with Gasteiger partial charge < -0.3 is 19.9 Å². The molecule has 0 saturated carbocycles. The van der Waals surface area contributed by atoms with Gasteiger partial charge in [0.2, 0.25) is 0 Å². The second-order valence-electron chi connectivity index (χ2n) is 6.43. The summed E-state index contributed by atoms with van der Waals surface area (Å²) in [4.78, 5) is 4.97. The number of hydrogen-bond donors (Lipinski definition) is 1. The lowest BCUT2D eigenvalue weighted by Gasteiger charge is -2.29. The predicted octanol–water partition coefficient (Wildman–Crippen LogP) is 0.885. The Bertz CT molecular complexity index is 256. The van der Waals surface area contributed by atoms with E-state index in [4.69, 9.17) is 4.74 Å². The Morgan fingerprint density at radius 1 is 1.42 bits per heavy atom. The second kappa shape index (κ2) is 7.58. The molecule has 0 radical (unpaired) electrons. The lowest BCUT2D eigenvalue weighted by atomic mass is 9.98. The van der Waals surface area contributed by atoms with E-state index in [1.165, 1.54) is 32.5 Å². The van der Waals surface area contributed by atoms with Gasteiger partial charge >= 0.3 is 0 Å². The molecule has 2 rings (SSSR count). The minimum atomic E-state index is 0.594. The van der Waals surface area contributed by atoms with Gasteiger partial charge in [-0.1, -0.05) is 6.92 Å². The number of nitrogens with zero attached hydrogens (tertiary/aromatic N) is 2. The summed E-state index contributed by atoms with van der Waals surface area (Å²) in [6, 6.07) is 0.594. The predicted molar refractivity (Wildman–Crippen MR) is 79.5 cm³/mol. The second-order valence-corrected chi connectivity index (χ2v) is 6.43. The quantitative estimate of drug-likeness (QED) is 0.743. The van der Waals surface area contributed by atoms with Crippen LogP contribution in [0.2, 0.25) is 0 Å². The van der Waals surface area contributed by atoms with Gasteiger partial charge in [-0.2, -0.15) is 0 Å². The van der Waals surface area contributed by atoms with Crippen LogP contribution in [0.15, 0.2) is 0 Å². The standard InChI is InChI=1S/C15H31N3O/c1-4-16-15(14-6-8-19-12-14)11-18(3)10-13-5-7-17(2)9-13/h13-16H,4-12H2,1-3H3. The van der Waals surface area contributed by atoms with Crippen LogP contribution in [0.4, 0.5) is 0 Å². The van der Waals surface area contributed by atoms with Crippen molar-refractivity contribution in [2.75, 3.05) is 60.0 Å². The zero-order valence-corrected chi connectivity index (χ0v) is 12.9. The van der Waals surface area contributed by atoms with E-state index in [2.05, 4.69) is 36.1 Å². The first-order valence-electron chi connectivity index (χ1n) is 7.87. The Morgan fingerprint density at radius 3 is 2.84 bits per heavy atom. The highest BCUT2D eigenvalue weighted by molar-refractivity contribution is 4.83. The van der Waals surface area contributed by atoms with Gasteiger partial charge in [-0.25, -0.2) is 0 Å². The maximum atomic E-state index is 5.55. The average molecular weight is 269 g/mol. The van der Waals surface area contributed by atoms with Gasteiger partial charge in [-0.15, -0.1) is 0 Å². The molecule has 0 amide bonds. The van der Waals surface area contributed by atoms with Crippen LogP contribution in [0, 0.1) is 11.8 Å². The topological polar surface area (TPSA) is 27.7 Å². The molecular formula is C15H31N3O. The lowest BCUT2D eigenvalue weighted by molar-refractivity contribution is 0.163. The number of hydrogen-bond acceptors (Lipinski definition) is 4. The molecule has 0 aromatic heterocycles. The molecule has 3 atom stereocenters. The van der Waals surface area contributed by atoms with E-state index in [0.29, 0.717) is 12.0 Å². The maximum Gasteiger partial charge on any atom is 0.0510 e. The summed E-state index contributed by atoms with van der Waals surface area (Å²) in [5.74, 6) is 1.56. The van der Waals surface area contributed by atoms with Gasteiger partial charge in [-0.3, -0.25) is 0 Å². The minimum Gasteiger partial charge on any atom is -0.381 e. The van der Waals surface area contributed by atoms with Crippen LogP contribution in [0.3, 0.4) is 0 Å². The van der Waals surface area contributed by atoms with Crippen LogP contribution in [0.5, 0.6) is 0 Å². The van der Waals surface area contributed by atoms with Gasteiger partial charge in [0.25, 0.3) is 0 Å². The van der Waals surface area contributed by atoms with Crippen molar-refractivity contribution in [1.82, 2.24) is 15.1 Å². The van der Waals surface area contributed by atoms with Crippen molar-refractivity contribution in [1.29, 1.82) is 0 Å². The van der Waals surface area contributed by atoms with E-state index in [-0.39, 0.29) is 0 Å². The third-order valence-corrected chi connectivity index (χ3v) is 4.57. The van der Waals surface area contributed by atoms with Crippen molar-refractivity contribution >= 4 is 0 Å².